The lowest BCUT2D eigenvalue weighted by molar-refractivity contribution is -0.124. The van der Waals surface area contributed by atoms with Crippen LogP contribution in [0.4, 0.5) is 4.79 Å². The summed E-state index contributed by atoms with van der Waals surface area (Å²) in [4.78, 5) is 38.3. The van der Waals surface area contributed by atoms with E-state index in [1.54, 1.807) is 18.2 Å². The minimum absolute atomic E-state index is 0.141. The van der Waals surface area contributed by atoms with Crippen LogP contribution in [-0.4, -0.2) is 41.6 Å². The van der Waals surface area contributed by atoms with Crippen molar-refractivity contribution in [2.24, 2.45) is 0 Å². The van der Waals surface area contributed by atoms with E-state index >= 15 is 0 Å². The van der Waals surface area contributed by atoms with E-state index in [0.29, 0.717) is 29.4 Å². The van der Waals surface area contributed by atoms with Gasteiger partial charge in [-0.15, -0.1) is 0 Å². The van der Waals surface area contributed by atoms with Crippen molar-refractivity contribution in [1.29, 1.82) is 0 Å². The van der Waals surface area contributed by atoms with Gasteiger partial charge in [0.05, 0.1) is 11.5 Å². The number of aryl methyl sites for hydroxylation is 2. The molecule has 32 heavy (non-hydrogen) atoms. The molecule has 0 atom stereocenters. The number of benzene rings is 2. The first-order valence-electron chi connectivity index (χ1n) is 10.3. The molecule has 8 heteroatoms. The highest BCUT2D eigenvalue weighted by Gasteiger charge is 2.34. The number of carbonyl (C=O) groups is 3. The average Bonchev–Trinajstić information content (AvgIpc) is 3.01. The molecule has 1 heterocycles. The Balaban J connectivity index is 1.38. The maximum Gasteiger partial charge on any atom is 0.293 e. The van der Waals surface area contributed by atoms with E-state index in [2.05, 4.69) is 5.32 Å². The minimum Gasteiger partial charge on any atom is -0.493 e. The molecular formula is C24H25ClN2O4S. The molecule has 2 aromatic carbocycles. The third kappa shape index (κ3) is 6.61. The summed E-state index contributed by atoms with van der Waals surface area (Å²) in [7, 11) is 0. The summed E-state index contributed by atoms with van der Waals surface area (Å²) in [6.45, 7) is 4.66. The minimum atomic E-state index is -0.332. The number of thioether (sulfide) groups is 1. The Kier molecular flexibility index (Phi) is 8.36. The molecule has 2 aromatic rings. The fourth-order valence-electron chi connectivity index (χ4n) is 3.09. The van der Waals surface area contributed by atoms with Crippen LogP contribution in [0.2, 0.25) is 5.02 Å². The van der Waals surface area contributed by atoms with Gasteiger partial charge in [-0.1, -0.05) is 41.4 Å². The maximum absolute atomic E-state index is 12.5. The average molecular weight is 473 g/mol. The molecule has 1 fully saturated rings. The molecule has 168 valence electrons. The van der Waals surface area contributed by atoms with Gasteiger partial charge in [-0.05, 0) is 67.4 Å². The summed E-state index contributed by atoms with van der Waals surface area (Å²) in [6, 6.07) is 13.1. The highest BCUT2D eigenvalue weighted by atomic mass is 35.5. The van der Waals surface area contributed by atoms with Crippen LogP contribution >= 0.6 is 23.4 Å². The molecule has 1 saturated heterocycles. The number of imide groups is 1. The molecule has 6 nitrogen and oxygen atoms in total. The largest absolute Gasteiger partial charge is 0.493 e. The van der Waals surface area contributed by atoms with E-state index in [4.69, 9.17) is 16.3 Å². The van der Waals surface area contributed by atoms with Crippen LogP contribution in [0.3, 0.4) is 0 Å². The van der Waals surface area contributed by atoms with E-state index in [1.807, 2.05) is 44.2 Å². The number of nitrogens with zero attached hydrogens (tertiary/aromatic N) is 1. The molecule has 0 aliphatic carbocycles. The second kappa shape index (κ2) is 11.2. The highest BCUT2D eigenvalue weighted by molar-refractivity contribution is 8.18. The Labute approximate surface area is 197 Å². The van der Waals surface area contributed by atoms with Gasteiger partial charge < -0.3 is 10.1 Å². The Morgan fingerprint density at radius 1 is 1.16 bits per heavy atom. The van der Waals surface area contributed by atoms with Gasteiger partial charge in [0.1, 0.15) is 5.75 Å². The molecule has 1 aliphatic heterocycles. The van der Waals surface area contributed by atoms with Crippen molar-refractivity contribution in [2.75, 3.05) is 19.7 Å². The lowest BCUT2D eigenvalue weighted by Crippen LogP contribution is -2.37. The Bertz CT molecular complexity index is 1040. The fraction of sp³-hybridized carbons (Fsp3) is 0.292. The van der Waals surface area contributed by atoms with Gasteiger partial charge in [0.15, 0.2) is 0 Å². The van der Waals surface area contributed by atoms with Crippen LogP contribution in [0.1, 0.15) is 29.5 Å². The molecule has 0 unspecified atom stereocenters. The van der Waals surface area contributed by atoms with Gasteiger partial charge in [0.2, 0.25) is 5.91 Å². The van der Waals surface area contributed by atoms with Gasteiger partial charge >= 0.3 is 0 Å². The van der Waals surface area contributed by atoms with Crippen molar-refractivity contribution >= 4 is 46.5 Å². The molecule has 0 bridgehead atoms. The van der Waals surface area contributed by atoms with Gasteiger partial charge in [-0.25, -0.2) is 0 Å². The van der Waals surface area contributed by atoms with Crippen molar-refractivity contribution in [3.05, 3.63) is 69.1 Å². The van der Waals surface area contributed by atoms with E-state index in [1.165, 1.54) is 0 Å². The first-order chi connectivity index (χ1) is 15.3. The number of rotatable bonds is 9. The lowest BCUT2D eigenvalue weighted by Gasteiger charge is -2.13. The number of amides is 3. The van der Waals surface area contributed by atoms with Gasteiger partial charge in [0, 0.05) is 24.5 Å². The predicted molar refractivity (Wildman–Crippen MR) is 128 cm³/mol. The zero-order chi connectivity index (χ0) is 23.1. The maximum atomic E-state index is 12.5. The zero-order valence-corrected chi connectivity index (χ0v) is 19.6. The summed E-state index contributed by atoms with van der Waals surface area (Å²) in [5.74, 6) is 0.262. The molecule has 3 rings (SSSR count). The third-order valence-electron chi connectivity index (χ3n) is 4.85. The molecule has 1 aliphatic rings. The molecule has 0 spiro atoms. The van der Waals surface area contributed by atoms with Crippen LogP contribution in [0, 0.1) is 13.8 Å². The van der Waals surface area contributed by atoms with Crippen molar-refractivity contribution in [2.45, 2.75) is 26.7 Å². The molecule has 3 amide bonds. The Morgan fingerprint density at radius 2 is 1.91 bits per heavy atom. The van der Waals surface area contributed by atoms with Crippen molar-refractivity contribution in [3.8, 4) is 5.75 Å². The van der Waals surface area contributed by atoms with Gasteiger partial charge in [0.25, 0.3) is 11.1 Å². The second-order valence-electron chi connectivity index (χ2n) is 7.46. The number of carbonyl (C=O) groups excluding carboxylic acids is 3. The summed E-state index contributed by atoms with van der Waals surface area (Å²) in [5, 5.41) is 3.08. The van der Waals surface area contributed by atoms with E-state index in [9.17, 15) is 14.4 Å². The van der Waals surface area contributed by atoms with Crippen LogP contribution in [0.15, 0.2) is 47.4 Å². The smallest absolute Gasteiger partial charge is 0.293 e. The third-order valence-corrected chi connectivity index (χ3v) is 5.99. The molecule has 0 aromatic heterocycles. The number of hydrogen-bond donors (Lipinski definition) is 1. The fourth-order valence-corrected chi connectivity index (χ4v) is 4.18. The molecule has 0 radical (unpaired) electrons. The monoisotopic (exact) mass is 472 g/mol. The molecular weight excluding hydrogens is 448 g/mol. The van der Waals surface area contributed by atoms with E-state index in [-0.39, 0.29) is 30.1 Å². The van der Waals surface area contributed by atoms with E-state index in [0.717, 1.165) is 39.1 Å². The second-order valence-corrected chi connectivity index (χ2v) is 8.89. The first-order valence-corrected chi connectivity index (χ1v) is 11.5. The summed E-state index contributed by atoms with van der Waals surface area (Å²) < 4.78 is 5.68. The quantitative estimate of drug-likeness (QED) is 0.412. The predicted octanol–water partition coefficient (Wildman–Crippen LogP) is 4.97. The van der Waals surface area contributed by atoms with Crippen LogP contribution in [-0.2, 0) is 9.59 Å². The SMILES string of the molecule is Cc1ccc(C=C2SC(=O)N(CCNC(=O)CCCOc3ccc(Cl)cc3C)C2=O)cc1. The van der Waals surface area contributed by atoms with Crippen LogP contribution < -0.4 is 10.1 Å². The highest BCUT2D eigenvalue weighted by Crippen LogP contribution is 2.31. The summed E-state index contributed by atoms with van der Waals surface area (Å²) in [5.41, 5.74) is 2.93. The Morgan fingerprint density at radius 3 is 2.62 bits per heavy atom. The van der Waals surface area contributed by atoms with Crippen molar-refractivity contribution < 1.29 is 19.1 Å². The lowest BCUT2D eigenvalue weighted by atomic mass is 10.1. The number of nitrogens with one attached hydrogen (secondary N) is 1. The standard InChI is InChI=1S/C24H25ClN2O4S/c1-16-5-7-18(8-6-16)15-21-23(29)27(24(30)32-21)12-11-26-22(28)4-3-13-31-20-10-9-19(25)14-17(20)2/h5-10,14-15H,3-4,11-13H2,1-2H3,(H,26,28). The number of ether oxygens (including phenoxy) is 1. The summed E-state index contributed by atoms with van der Waals surface area (Å²) >= 11 is 6.84. The van der Waals surface area contributed by atoms with E-state index < -0.39 is 0 Å². The van der Waals surface area contributed by atoms with Crippen LogP contribution in [0.25, 0.3) is 6.08 Å². The molecule has 1 N–H and O–H groups in total. The first kappa shape index (κ1) is 23.9. The van der Waals surface area contributed by atoms with Gasteiger partial charge in [-0.3, -0.25) is 19.3 Å². The number of hydrogen-bond acceptors (Lipinski definition) is 5. The summed E-state index contributed by atoms with van der Waals surface area (Å²) in [6.07, 6.45) is 2.56. The van der Waals surface area contributed by atoms with Crippen LogP contribution in [0.5, 0.6) is 5.75 Å². The Hall–Kier alpha value is -2.77. The normalized spacial score (nSPS) is 14.8. The van der Waals surface area contributed by atoms with Gasteiger partial charge in [-0.2, -0.15) is 0 Å². The molecule has 0 saturated carbocycles. The van der Waals surface area contributed by atoms with Crippen molar-refractivity contribution in [3.63, 3.8) is 0 Å². The number of halogens is 1. The topological polar surface area (TPSA) is 75.7 Å². The van der Waals surface area contributed by atoms with Crippen molar-refractivity contribution in [1.82, 2.24) is 10.2 Å². The zero-order valence-electron chi connectivity index (χ0n) is 18.0.